The van der Waals surface area contributed by atoms with Crippen molar-refractivity contribution >= 4 is 5.91 Å². The van der Waals surface area contributed by atoms with Crippen molar-refractivity contribution in [3.05, 3.63) is 0 Å². The number of likely N-dealkylation sites (tertiary alicyclic amines) is 1. The van der Waals surface area contributed by atoms with Crippen LogP contribution in [0.1, 0.15) is 26.7 Å². The molecule has 1 aliphatic rings. The molecule has 1 fully saturated rings. The molecule has 1 amide bonds. The van der Waals surface area contributed by atoms with Crippen molar-refractivity contribution in [2.24, 2.45) is 11.8 Å². The van der Waals surface area contributed by atoms with E-state index in [0.29, 0.717) is 18.3 Å². The van der Waals surface area contributed by atoms with Crippen molar-refractivity contribution in [2.45, 2.75) is 26.7 Å². The quantitative estimate of drug-likeness (QED) is 0.736. The van der Waals surface area contributed by atoms with Crippen LogP contribution in [0.4, 0.5) is 0 Å². The van der Waals surface area contributed by atoms with E-state index in [-0.39, 0.29) is 5.91 Å². The summed E-state index contributed by atoms with van der Waals surface area (Å²) < 4.78 is 0. The number of amides is 1. The molecule has 1 rings (SSSR count). The molecule has 2 atom stereocenters. The number of hydrogen-bond acceptors (Lipinski definition) is 2. The molecular formula is C11H22N2O. The Kier molecular flexibility index (Phi) is 4.39. The summed E-state index contributed by atoms with van der Waals surface area (Å²) in [6, 6.07) is 0. The second-order valence-electron chi connectivity index (χ2n) is 4.45. The van der Waals surface area contributed by atoms with E-state index in [1.807, 2.05) is 6.92 Å². The standard InChI is InChI=1S/C11H22N2O/c1-4-11(14)12-7-10-5-6-13(3)8-9(10)2/h9-10H,4-8H2,1-3H3,(H,12,14)/t9-,10-/m1/s1. The number of nitrogens with one attached hydrogen (secondary N) is 1. The van der Waals surface area contributed by atoms with Gasteiger partial charge in [-0.15, -0.1) is 0 Å². The minimum atomic E-state index is 0.177. The van der Waals surface area contributed by atoms with Crippen LogP contribution in [0.3, 0.4) is 0 Å². The highest BCUT2D eigenvalue weighted by Gasteiger charge is 2.23. The summed E-state index contributed by atoms with van der Waals surface area (Å²) in [5, 5.41) is 2.99. The third-order valence-corrected chi connectivity index (χ3v) is 3.17. The van der Waals surface area contributed by atoms with Crippen molar-refractivity contribution in [3.8, 4) is 0 Å². The van der Waals surface area contributed by atoms with Crippen molar-refractivity contribution in [3.63, 3.8) is 0 Å². The summed E-state index contributed by atoms with van der Waals surface area (Å²) in [5.74, 6) is 1.55. The van der Waals surface area contributed by atoms with E-state index in [0.717, 1.165) is 19.6 Å². The van der Waals surface area contributed by atoms with Gasteiger partial charge in [-0.25, -0.2) is 0 Å². The number of nitrogens with zero attached hydrogens (tertiary/aromatic N) is 1. The van der Waals surface area contributed by atoms with Gasteiger partial charge in [0, 0.05) is 19.5 Å². The van der Waals surface area contributed by atoms with Gasteiger partial charge in [-0.05, 0) is 31.8 Å². The van der Waals surface area contributed by atoms with Crippen LogP contribution in [0.15, 0.2) is 0 Å². The van der Waals surface area contributed by atoms with Crippen LogP contribution in [0.5, 0.6) is 0 Å². The summed E-state index contributed by atoms with van der Waals surface area (Å²) in [6.45, 7) is 7.36. The Bertz CT molecular complexity index is 194. The first-order chi connectivity index (χ1) is 6.63. The maximum Gasteiger partial charge on any atom is 0.219 e. The monoisotopic (exact) mass is 198 g/mol. The molecule has 1 N–H and O–H groups in total. The number of hydrogen-bond donors (Lipinski definition) is 1. The van der Waals surface area contributed by atoms with Crippen LogP contribution < -0.4 is 5.32 Å². The highest BCUT2D eigenvalue weighted by molar-refractivity contribution is 5.75. The van der Waals surface area contributed by atoms with Crippen molar-refractivity contribution in [2.75, 3.05) is 26.7 Å². The van der Waals surface area contributed by atoms with Crippen LogP contribution in [0, 0.1) is 11.8 Å². The molecule has 3 heteroatoms. The van der Waals surface area contributed by atoms with Crippen LogP contribution in [0.2, 0.25) is 0 Å². The van der Waals surface area contributed by atoms with Gasteiger partial charge in [-0.3, -0.25) is 4.79 Å². The predicted molar refractivity (Wildman–Crippen MR) is 58.1 cm³/mol. The fourth-order valence-electron chi connectivity index (χ4n) is 2.08. The third-order valence-electron chi connectivity index (χ3n) is 3.17. The van der Waals surface area contributed by atoms with Gasteiger partial charge in [0.2, 0.25) is 5.91 Å². The van der Waals surface area contributed by atoms with E-state index in [1.165, 1.54) is 6.42 Å². The average Bonchev–Trinajstić information content (AvgIpc) is 2.16. The molecule has 0 bridgehead atoms. The Balaban J connectivity index is 2.27. The number of rotatable bonds is 3. The van der Waals surface area contributed by atoms with Crippen molar-refractivity contribution in [1.29, 1.82) is 0 Å². The molecule has 1 heterocycles. The summed E-state index contributed by atoms with van der Waals surface area (Å²) in [6.07, 6.45) is 1.81. The van der Waals surface area contributed by atoms with E-state index in [4.69, 9.17) is 0 Å². The molecule has 0 aromatic carbocycles. The molecule has 0 unspecified atom stereocenters. The van der Waals surface area contributed by atoms with Gasteiger partial charge in [-0.2, -0.15) is 0 Å². The van der Waals surface area contributed by atoms with Gasteiger partial charge in [0.25, 0.3) is 0 Å². The smallest absolute Gasteiger partial charge is 0.219 e. The fourth-order valence-corrected chi connectivity index (χ4v) is 2.08. The molecule has 0 aromatic heterocycles. The Morgan fingerprint density at radius 1 is 1.57 bits per heavy atom. The zero-order valence-electron chi connectivity index (χ0n) is 9.55. The highest BCUT2D eigenvalue weighted by atomic mass is 16.1. The predicted octanol–water partition coefficient (Wildman–Crippen LogP) is 1.10. The van der Waals surface area contributed by atoms with E-state index in [1.54, 1.807) is 0 Å². The van der Waals surface area contributed by atoms with E-state index < -0.39 is 0 Å². The summed E-state index contributed by atoms with van der Waals surface area (Å²) in [4.78, 5) is 13.5. The van der Waals surface area contributed by atoms with Gasteiger partial charge in [-0.1, -0.05) is 13.8 Å². The van der Waals surface area contributed by atoms with Gasteiger partial charge in [0.05, 0.1) is 0 Å². The Morgan fingerprint density at radius 2 is 2.29 bits per heavy atom. The third kappa shape index (κ3) is 3.29. The molecule has 1 aliphatic heterocycles. The minimum Gasteiger partial charge on any atom is -0.356 e. The summed E-state index contributed by atoms with van der Waals surface area (Å²) >= 11 is 0. The van der Waals surface area contributed by atoms with Gasteiger partial charge < -0.3 is 10.2 Å². The molecule has 0 saturated carbocycles. The number of piperidine rings is 1. The summed E-state index contributed by atoms with van der Waals surface area (Å²) in [5.41, 5.74) is 0. The maximum atomic E-state index is 11.1. The lowest BCUT2D eigenvalue weighted by molar-refractivity contribution is -0.121. The highest BCUT2D eigenvalue weighted by Crippen LogP contribution is 2.21. The Morgan fingerprint density at radius 3 is 2.86 bits per heavy atom. The molecule has 14 heavy (non-hydrogen) atoms. The SMILES string of the molecule is CCC(=O)NC[C@H]1CCN(C)C[C@H]1C. The molecule has 0 aliphatic carbocycles. The Hall–Kier alpha value is -0.570. The maximum absolute atomic E-state index is 11.1. The zero-order valence-corrected chi connectivity index (χ0v) is 9.55. The molecule has 82 valence electrons. The molecule has 0 spiro atoms. The zero-order chi connectivity index (χ0) is 10.6. The van der Waals surface area contributed by atoms with Gasteiger partial charge in [0.15, 0.2) is 0 Å². The van der Waals surface area contributed by atoms with E-state index in [9.17, 15) is 4.79 Å². The lowest BCUT2D eigenvalue weighted by Crippen LogP contribution is -2.41. The molecule has 1 saturated heterocycles. The fraction of sp³-hybridized carbons (Fsp3) is 0.909. The van der Waals surface area contributed by atoms with Gasteiger partial charge >= 0.3 is 0 Å². The van der Waals surface area contributed by atoms with Crippen LogP contribution in [0.25, 0.3) is 0 Å². The summed E-state index contributed by atoms with van der Waals surface area (Å²) in [7, 11) is 2.16. The molecule has 3 nitrogen and oxygen atoms in total. The van der Waals surface area contributed by atoms with Crippen LogP contribution in [-0.4, -0.2) is 37.5 Å². The van der Waals surface area contributed by atoms with Crippen LogP contribution in [-0.2, 0) is 4.79 Å². The lowest BCUT2D eigenvalue weighted by atomic mass is 9.87. The second kappa shape index (κ2) is 5.35. The van der Waals surface area contributed by atoms with Crippen LogP contribution >= 0.6 is 0 Å². The first kappa shape index (κ1) is 11.5. The topological polar surface area (TPSA) is 32.3 Å². The second-order valence-corrected chi connectivity index (χ2v) is 4.45. The lowest BCUT2D eigenvalue weighted by Gasteiger charge is -2.34. The first-order valence-corrected chi connectivity index (χ1v) is 5.58. The largest absolute Gasteiger partial charge is 0.356 e. The van der Waals surface area contributed by atoms with Crippen molar-refractivity contribution in [1.82, 2.24) is 10.2 Å². The molecular weight excluding hydrogens is 176 g/mol. The van der Waals surface area contributed by atoms with E-state index >= 15 is 0 Å². The molecule has 0 aromatic rings. The average molecular weight is 198 g/mol. The Labute approximate surface area is 86.9 Å². The first-order valence-electron chi connectivity index (χ1n) is 5.58. The molecule has 0 radical (unpaired) electrons. The van der Waals surface area contributed by atoms with E-state index in [2.05, 4.69) is 24.2 Å². The van der Waals surface area contributed by atoms with Crippen molar-refractivity contribution < 1.29 is 4.79 Å². The van der Waals surface area contributed by atoms with Gasteiger partial charge in [0.1, 0.15) is 0 Å². The number of carbonyl (C=O) groups excluding carboxylic acids is 1. The number of carbonyl (C=O) groups is 1. The minimum absolute atomic E-state index is 0.177. The normalized spacial score (nSPS) is 28.8.